The number of nitrogens with two attached hydrogens (primary N) is 1. The zero-order chi connectivity index (χ0) is 13.8. The lowest BCUT2D eigenvalue weighted by atomic mass is 10.1. The Balaban J connectivity index is 3.01. The Labute approximate surface area is 107 Å². The molecule has 0 radical (unpaired) electrons. The van der Waals surface area contributed by atoms with Gasteiger partial charge in [0.05, 0.1) is 4.90 Å². The maximum Gasteiger partial charge on any atom is 0.251 e. The molecule has 0 saturated heterocycles. The van der Waals surface area contributed by atoms with E-state index in [0.717, 1.165) is 0 Å². The molecule has 1 aromatic rings. The van der Waals surface area contributed by atoms with E-state index in [1.165, 1.54) is 12.1 Å². The average molecular weight is 268 g/mol. The lowest BCUT2D eigenvalue weighted by molar-refractivity contribution is 0.0953. The summed E-state index contributed by atoms with van der Waals surface area (Å²) in [6.07, 6.45) is 2.34. The predicted molar refractivity (Wildman–Crippen MR) is 69.7 cm³/mol. The van der Waals surface area contributed by atoms with Crippen LogP contribution in [0.1, 0.15) is 22.3 Å². The van der Waals surface area contributed by atoms with E-state index in [-0.39, 0.29) is 10.8 Å². The fourth-order valence-corrected chi connectivity index (χ4v) is 1.95. The fourth-order valence-electron chi connectivity index (χ4n) is 1.41. The average Bonchev–Trinajstić information content (AvgIpc) is 2.28. The van der Waals surface area contributed by atoms with Crippen LogP contribution in [-0.2, 0) is 10.0 Å². The van der Waals surface area contributed by atoms with Crippen molar-refractivity contribution in [1.29, 1.82) is 0 Å². The van der Waals surface area contributed by atoms with E-state index in [9.17, 15) is 13.2 Å². The number of hydrogen-bond acceptors (Lipinski definition) is 3. The van der Waals surface area contributed by atoms with E-state index in [1.807, 2.05) is 0 Å². The maximum atomic E-state index is 11.8. The maximum absolute atomic E-state index is 11.8. The van der Waals surface area contributed by atoms with Gasteiger partial charge in [0.2, 0.25) is 10.0 Å². The van der Waals surface area contributed by atoms with Crippen LogP contribution in [0.5, 0.6) is 0 Å². The van der Waals surface area contributed by atoms with Crippen LogP contribution in [0.4, 0.5) is 0 Å². The molecule has 3 N–H and O–H groups in total. The molecule has 0 spiro atoms. The number of amides is 1. The van der Waals surface area contributed by atoms with Crippen molar-refractivity contribution < 1.29 is 13.2 Å². The van der Waals surface area contributed by atoms with Crippen LogP contribution in [0.2, 0.25) is 0 Å². The second-order valence-electron chi connectivity index (χ2n) is 3.85. The molecule has 6 heteroatoms. The molecule has 0 aliphatic heterocycles. The van der Waals surface area contributed by atoms with Crippen LogP contribution in [-0.4, -0.2) is 20.9 Å². The van der Waals surface area contributed by atoms with Gasteiger partial charge in [0.15, 0.2) is 0 Å². The number of benzene rings is 1. The molecule has 5 nitrogen and oxygen atoms in total. The first-order chi connectivity index (χ1) is 8.36. The molecule has 18 heavy (non-hydrogen) atoms. The van der Waals surface area contributed by atoms with E-state index < -0.39 is 10.0 Å². The van der Waals surface area contributed by atoms with Crippen molar-refractivity contribution in [3.05, 3.63) is 42.0 Å². The van der Waals surface area contributed by atoms with Crippen molar-refractivity contribution >= 4 is 15.9 Å². The summed E-state index contributed by atoms with van der Waals surface area (Å²) in [5, 5.41) is 7.70. The number of carbonyl (C=O) groups is 1. The van der Waals surface area contributed by atoms with E-state index in [1.54, 1.807) is 19.1 Å². The first-order valence-electron chi connectivity index (χ1n) is 5.39. The highest BCUT2D eigenvalue weighted by molar-refractivity contribution is 7.89. The molecule has 0 aliphatic carbocycles. The third kappa shape index (κ3) is 3.68. The molecule has 1 rings (SSSR count). The van der Waals surface area contributed by atoms with Gasteiger partial charge >= 0.3 is 0 Å². The lowest BCUT2D eigenvalue weighted by Crippen LogP contribution is -2.25. The van der Waals surface area contributed by atoms with Gasteiger partial charge < -0.3 is 5.32 Å². The van der Waals surface area contributed by atoms with Crippen molar-refractivity contribution in [2.24, 2.45) is 5.14 Å². The highest BCUT2D eigenvalue weighted by Gasteiger charge is 2.14. The molecule has 98 valence electrons. The first-order valence-corrected chi connectivity index (χ1v) is 6.93. The van der Waals surface area contributed by atoms with Crippen molar-refractivity contribution in [2.75, 3.05) is 6.54 Å². The number of hydrogen-bond donors (Lipinski definition) is 2. The Morgan fingerprint density at radius 2 is 2.17 bits per heavy atom. The topological polar surface area (TPSA) is 89.3 Å². The standard InChI is InChI=1S/C12H16N2O3S/c1-3-4-7-14-12(15)11-8-10(18(13,16)17)6-5-9(11)2/h3,5-6,8H,1,4,7H2,2H3,(H,14,15)(H2,13,16,17). The van der Waals surface area contributed by atoms with Crippen LogP contribution in [0.15, 0.2) is 35.7 Å². The zero-order valence-electron chi connectivity index (χ0n) is 10.1. The van der Waals surface area contributed by atoms with Crippen LogP contribution >= 0.6 is 0 Å². The summed E-state index contributed by atoms with van der Waals surface area (Å²) in [7, 11) is -3.80. The van der Waals surface area contributed by atoms with Crippen molar-refractivity contribution in [3.63, 3.8) is 0 Å². The van der Waals surface area contributed by atoms with Gasteiger partial charge in [0.25, 0.3) is 5.91 Å². The minimum atomic E-state index is -3.80. The van der Waals surface area contributed by atoms with Crippen molar-refractivity contribution in [3.8, 4) is 0 Å². The fraction of sp³-hybridized carbons (Fsp3) is 0.250. The number of primary sulfonamides is 1. The highest BCUT2D eigenvalue weighted by atomic mass is 32.2. The summed E-state index contributed by atoms with van der Waals surface area (Å²) >= 11 is 0. The molecular weight excluding hydrogens is 252 g/mol. The number of sulfonamides is 1. The van der Waals surface area contributed by atoms with E-state index in [4.69, 9.17) is 5.14 Å². The van der Waals surface area contributed by atoms with Gasteiger partial charge in [-0.1, -0.05) is 12.1 Å². The van der Waals surface area contributed by atoms with Gasteiger partial charge in [-0.2, -0.15) is 0 Å². The van der Waals surface area contributed by atoms with Gasteiger partial charge in [-0.3, -0.25) is 4.79 Å². The van der Waals surface area contributed by atoms with Gasteiger partial charge in [0, 0.05) is 12.1 Å². The predicted octanol–water partition coefficient (Wildman–Crippen LogP) is 0.948. The number of rotatable bonds is 5. The molecule has 0 heterocycles. The number of aryl methyl sites for hydroxylation is 1. The van der Waals surface area contributed by atoms with E-state index in [2.05, 4.69) is 11.9 Å². The molecule has 1 aromatic carbocycles. The van der Waals surface area contributed by atoms with Gasteiger partial charge in [0.1, 0.15) is 0 Å². The summed E-state index contributed by atoms with van der Waals surface area (Å²) in [4.78, 5) is 11.8. The van der Waals surface area contributed by atoms with Gasteiger partial charge in [-0.15, -0.1) is 6.58 Å². The summed E-state index contributed by atoms with van der Waals surface area (Å²) in [5.41, 5.74) is 1.00. The monoisotopic (exact) mass is 268 g/mol. The SMILES string of the molecule is C=CCCNC(=O)c1cc(S(N)(=O)=O)ccc1C. The molecule has 1 amide bonds. The minimum absolute atomic E-state index is 0.0676. The van der Waals surface area contributed by atoms with Crippen LogP contribution < -0.4 is 10.5 Å². The third-order valence-electron chi connectivity index (χ3n) is 2.42. The second-order valence-corrected chi connectivity index (χ2v) is 5.42. The van der Waals surface area contributed by atoms with Crippen molar-refractivity contribution in [2.45, 2.75) is 18.2 Å². The molecule has 0 bridgehead atoms. The largest absolute Gasteiger partial charge is 0.352 e. The number of nitrogens with one attached hydrogen (secondary N) is 1. The van der Waals surface area contributed by atoms with Gasteiger partial charge in [-0.25, -0.2) is 13.6 Å². The summed E-state index contributed by atoms with van der Waals surface area (Å²) in [6.45, 7) is 5.74. The van der Waals surface area contributed by atoms with E-state index in [0.29, 0.717) is 24.1 Å². The Hall–Kier alpha value is -1.66. The van der Waals surface area contributed by atoms with Crippen LogP contribution in [0.3, 0.4) is 0 Å². The van der Waals surface area contributed by atoms with E-state index >= 15 is 0 Å². The third-order valence-corrected chi connectivity index (χ3v) is 3.33. The smallest absolute Gasteiger partial charge is 0.251 e. The Morgan fingerprint density at radius 1 is 1.50 bits per heavy atom. The lowest BCUT2D eigenvalue weighted by Gasteiger charge is -2.08. The Morgan fingerprint density at radius 3 is 2.72 bits per heavy atom. The summed E-state index contributed by atoms with van der Waals surface area (Å²) in [6, 6.07) is 4.22. The normalized spacial score (nSPS) is 11.0. The minimum Gasteiger partial charge on any atom is -0.352 e. The van der Waals surface area contributed by atoms with Gasteiger partial charge in [-0.05, 0) is 31.0 Å². The molecule has 0 saturated carbocycles. The molecular formula is C12H16N2O3S. The summed E-state index contributed by atoms with van der Waals surface area (Å²) < 4.78 is 22.4. The van der Waals surface area contributed by atoms with Crippen LogP contribution in [0, 0.1) is 6.92 Å². The molecule has 0 fully saturated rings. The van der Waals surface area contributed by atoms with Crippen molar-refractivity contribution in [1.82, 2.24) is 5.32 Å². The molecule has 0 aliphatic rings. The second kappa shape index (κ2) is 5.79. The molecule has 0 unspecified atom stereocenters. The number of carbonyl (C=O) groups excluding carboxylic acids is 1. The Kier molecular flexibility index (Phi) is 4.63. The first kappa shape index (κ1) is 14.4. The Bertz CT molecular complexity index is 565. The van der Waals surface area contributed by atoms with Crippen LogP contribution in [0.25, 0.3) is 0 Å². The molecule has 0 atom stereocenters. The zero-order valence-corrected chi connectivity index (χ0v) is 11.0. The summed E-state index contributed by atoms with van der Waals surface area (Å²) in [5.74, 6) is -0.320. The quantitative estimate of drug-likeness (QED) is 0.615. The highest BCUT2D eigenvalue weighted by Crippen LogP contribution is 2.14. The molecule has 0 aromatic heterocycles.